The molecule has 0 fully saturated rings. The number of nitrogens with zero attached hydrogens (tertiary/aromatic N) is 3. The number of amides is 1. The Morgan fingerprint density at radius 2 is 2.05 bits per heavy atom. The highest BCUT2D eigenvalue weighted by molar-refractivity contribution is 5.81. The molecule has 0 radical (unpaired) electrons. The molecular weight excluding hydrogens is 240 g/mol. The Bertz CT molecular complexity index is 464. The van der Waals surface area contributed by atoms with Crippen LogP contribution >= 0.6 is 0 Å². The van der Waals surface area contributed by atoms with E-state index >= 15 is 0 Å². The van der Waals surface area contributed by atoms with E-state index in [4.69, 9.17) is 0 Å². The molecule has 0 saturated heterocycles. The van der Waals surface area contributed by atoms with Gasteiger partial charge >= 0.3 is 0 Å². The third-order valence-corrected chi connectivity index (χ3v) is 3.96. The lowest BCUT2D eigenvalue weighted by Crippen LogP contribution is -2.46. The first kappa shape index (κ1) is 14.1. The summed E-state index contributed by atoms with van der Waals surface area (Å²) < 4.78 is 0. The van der Waals surface area contributed by atoms with Crippen molar-refractivity contribution in [3.05, 3.63) is 17.0 Å². The van der Waals surface area contributed by atoms with Gasteiger partial charge in [0.25, 0.3) is 0 Å². The van der Waals surface area contributed by atoms with Gasteiger partial charge in [-0.15, -0.1) is 0 Å². The van der Waals surface area contributed by atoms with Crippen molar-refractivity contribution in [3.63, 3.8) is 0 Å². The molecule has 1 aromatic rings. The lowest BCUT2D eigenvalue weighted by Gasteiger charge is -2.31. The first-order valence-corrected chi connectivity index (χ1v) is 6.93. The molecule has 5 heteroatoms. The fourth-order valence-electron chi connectivity index (χ4n) is 2.47. The van der Waals surface area contributed by atoms with Crippen LogP contribution in [-0.2, 0) is 17.8 Å². The minimum Gasteiger partial charge on any atom is -0.336 e. The van der Waals surface area contributed by atoms with E-state index < -0.39 is 0 Å². The van der Waals surface area contributed by atoms with Crippen LogP contribution in [0, 0.1) is 0 Å². The third kappa shape index (κ3) is 2.66. The summed E-state index contributed by atoms with van der Waals surface area (Å²) in [7, 11) is 3.88. The maximum atomic E-state index is 12.4. The molecule has 0 unspecified atom stereocenters. The van der Waals surface area contributed by atoms with Gasteiger partial charge in [0.15, 0.2) is 0 Å². The largest absolute Gasteiger partial charge is 0.336 e. The van der Waals surface area contributed by atoms with E-state index in [0.29, 0.717) is 12.5 Å². The van der Waals surface area contributed by atoms with Crippen LogP contribution in [0.25, 0.3) is 0 Å². The van der Waals surface area contributed by atoms with E-state index in [2.05, 4.69) is 24.0 Å². The standard InChI is InChI=1S/C14H24N4O/c1-9(2)13-11-8-18(7-6-12(11)15-16-13)14(19)10(3)17(4)5/h9-10H,6-8H2,1-5H3,(H,15,16)/t10-/m0/s1. The van der Waals surface area contributed by atoms with Crippen molar-refractivity contribution < 1.29 is 4.79 Å². The highest BCUT2D eigenvalue weighted by Crippen LogP contribution is 2.25. The second-order valence-corrected chi connectivity index (χ2v) is 5.87. The average Bonchev–Trinajstić information content (AvgIpc) is 2.79. The van der Waals surface area contributed by atoms with Crippen LogP contribution in [-0.4, -0.2) is 52.6 Å². The molecular formula is C14H24N4O. The summed E-state index contributed by atoms with van der Waals surface area (Å²) in [5, 5.41) is 7.52. The van der Waals surface area contributed by atoms with E-state index in [-0.39, 0.29) is 11.9 Å². The summed E-state index contributed by atoms with van der Waals surface area (Å²) >= 11 is 0. The molecule has 5 nitrogen and oxygen atoms in total. The lowest BCUT2D eigenvalue weighted by atomic mass is 9.99. The third-order valence-electron chi connectivity index (χ3n) is 3.96. The molecule has 1 aliphatic rings. The number of carbonyl (C=O) groups excluding carboxylic acids is 1. The molecule has 0 aromatic carbocycles. The fourth-order valence-corrected chi connectivity index (χ4v) is 2.47. The average molecular weight is 264 g/mol. The van der Waals surface area contributed by atoms with Gasteiger partial charge in [-0.05, 0) is 26.9 Å². The van der Waals surface area contributed by atoms with Crippen LogP contribution < -0.4 is 0 Å². The van der Waals surface area contributed by atoms with Crippen LogP contribution in [0.3, 0.4) is 0 Å². The van der Waals surface area contributed by atoms with Gasteiger partial charge in [0.05, 0.1) is 11.7 Å². The van der Waals surface area contributed by atoms with E-state index in [9.17, 15) is 4.79 Å². The topological polar surface area (TPSA) is 52.2 Å². The molecule has 0 saturated carbocycles. The first-order valence-electron chi connectivity index (χ1n) is 6.93. The van der Waals surface area contributed by atoms with Crippen LogP contribution in [0.4, 0.5) is 0 Å². The second kappa shape index (κ2) is 5.33. The molecule has 106 valence electrons. The van der Waals surface area contributed by atoms with Gasteiger partial charge in [0.2, 0.25) is 5.91 Å². The Labute approximate surface area is 115 Å². The number of H-pyrrole nitrogens is 1. The van der Waals surface area contributed by atoms with E-state index in [0.717, 1.165) is 18.7 Å². The van der Waals surface area contributed by atoms with Crippen LogP contribution in [0.5, 0.6) is 0 Å². The van der Waals surface area contributed by atoms with Crippen LogP contribution in [0.1, 0.15) is 43.6 Å². The summed E-state index contributed by atoms with van der Waals surface area (Å²) in [5.74, 6) is 0.591. The SMILES string of the molecule is CC(C)c1n[nH]c2c1CN(C(=O)[C@H](C)N(C)C)CC2. The van der Waals surface area contributed by atoms with Crippen LogP contribution in [0.2, 0.25) is 0 Å². The Hall–Kier alpha value is -1.36. The highest BCUT2D eigenvalue weighted by atomic mass is 16.2. The number of fused-ring (bicyclic) bond motifs is 1. The molecule has 0 spiro atoms. The quantitative estimate of drug-likeness (QED) is 0.897. The normalized spacial score (nSPS) is 16.9. The van der Waals surface area contributed by atoms with Gasteiger partial charge < -0.3 is 4.90 Å². The molecule has 0 bridgehead atoms. The molecule has 2 rings (SSSR count). The molecule has 19 heavy (non-hydrogen) atoms. The number of hydrogen-bond acceptors (Lipinski definition) is 3. The summed E-state index contributed by atoms with van der Waals surface area (Å²) in [6, 6.07) is -0.0732. The smallest absolute Gasteiger partial charge is 0.239 e. The molecule has 2 heterocycles. The monoisotopic (exact) mass is 264 g/mol. The van der Waals surface area contributed by atoms with Gasteiger partial charge in [-0.25, -0.2) is 0 Å². The highest BCUT2D eigenvalue weighted by Gasteiger charge is 2.28. The zero-order valence-electron chi connectivity index (χ0n) is 12.5. The lowest BCUT2D eigenvalue weighted by molar-refractivity contribution is -0.136. The molecule has 1 N–H and O–H groups in total. The van der Waals surface area contributed by atoms with Crippen molar-refractivity contribution in [1.82, 2.24) is 20.0 Å². The second-order valence-electron chi connectivity index (χ2n) is 5.87. The summed E-state index contributed by atoms with van der Waals surface area (Å²) in [6.45, 7) is 7.70. The van der Waals surface area contributed by atoms with Crippen molar-refractivity contribution in [2.45, 2.75) is 45.7 Å². The zero-order chi connectivity index (χ0) is 14.2. The van der Waals surface area contributed by atoms with Gasteiger partial charge in [-0.3, -0.25) is 14.8 Å². The molecule has 1 amide bonds. The molecule has 0 aliphatic carbocycles. The van der Waals surface area contributed by atoms with E-state index in [1.165, 1.54) is 11.3 Å². The van der Waals surface area contributed by atoms with Crippen molar-refractivity contribution in [2.24, 2.45) is 0 Å². The number of rotatable bonds is 3. The Kier molecular flexibility index (Phi) is 3.94. The number of aromatic amines is 1. The summed E-state index contributed by atoms with van der Waals surface area (Å²) in [6.07, 6.45) is 0.876. The van der Waals surface area contributed by atoms with E-state index in [1.54, 1.807) is 0 Å². The fraction of sp³-hybridized carbons (Fsp3) is 0.714. The van der Waals surface area contributed by atoms with Crippen molar-refractivity contribution in [3.8, 4) is 0 Å². The van der Waals surface area contributed by atoms with Crippen molar-refractivity contribution >= 4 is 5.91 Å². The van der Waals surface area contributed by atoms with Crippen molar-refractivity contribution in [1.29, 1.82) is 0 Å². The van der Waals surface area contributed by atoms with Gasteiger partial charge in [0.1, 0.15) is 0 Å². The Morgan fingerprint density at radius 1 is 1.37 bits per heavy atom. The van der Waals surface area contributed by atoms with Gasteiger partial charge in [-0.2, -0.15) is 5.10 Å². The van der Waals surface area contributed by atoms with Crippen LogP contribution in [0.15, 0.2) is 0 Å². The zero-order valence-corrected chi connectivity index (χ0v) is 12.5. The number of nitrogens with one attached hydrogen (secondary N) is 1. The number of likely N-dealkylation sites (N-methyl/N-ethyl adjacent to an activating group) is 1. The maximum absolute atomic E-state index is 12.4. The molecule has 1 atom stereocenters. The number of aromatic nitrogens is 2. The predicted octanol–water partition coefficient (Wildman–Crippen LogP) is 1.37. The molecule has 1 aromatic heterocycles. The number of hydrogen-bond donors (Lipinski definition) is 1. The van der Waals surface area contributed by atoms with Gasteiger partial charge in [-0.1, -0.05) is 13.8 Å². The molecule has 1 aliphatic heterocycles. The Balaban J connectivity index is 2.17. The summed E-state index contributed by atoms with van der Waals surface area (Å²) in [4.78, 5) is 16.3. The van der Waals surface area contributed by atoms with Gasteiger partial charge in [0, 0.05) is 30.8 Å². The van der Waals surface area contributed by atoms with E-state index in [1.807, 2.05) is 30.8 Å². The summed E-state index contributed by atoms with van der Waals surface area (Å²) in [5.41, 5.74) is 3.52. The minimum absolute atomic E-state index is 0.0732. The first-order chi connectivity index (χ1) is 8.91. The predicted molar refractivity (Wildman–Crippen MR) is 74.9 cm³/mol. The number of carbonyl (C=O) groups is 1. The van der Waals surface area contributed by atoms with Crippen molar-refractivity contribution in [2.75, 3.05) is 20.6 Å². The maximum Gasteiger partial charge on any atom is 0.239 e. The minimum atomic E-state index is -0.0732. The Morgan fingerprint density at radius 3 is 2.63 bits per heavy atom.